The summed E-state index contributed by atoms with van der Waals surface area (Å²) in [5, 5.41) is 0. The van der Waals surface area contributed by atoms with Crippen LogP contribution in [0, 0.1) is 0 Å². The lowest BCUT2D eigenvalue weighted by atomic mass is 9.95. The van der Waals surface area contributed by atoms with E-state index in [1.54, 1.807) is 7.11 Å². The van der Waals surface area contributed by atoms with E-state index < -0.39 is 0 Å². The molecule has 1 fully saturated rings. The van der Waals surface area contributed by atoms with Gasteiger partial charge in [0.2, 0.25) is 0 Å². The fourth-order valence-electron chi connectivity index (χ4n) is 3.52. The molecule has 2 atom stereocenters. The molecule has 0 unspecified atom stereocenters. The van der Waals surface area contributed by atoms with Crippen LogP contribution in [0.15, 0.2) is 48.5 Å². The Morgan fingerprint density at radius 1 is 1.08 bits per heavy atom. The van der Waals surface area contributed by atoms with E-state index in [0.717, 1.165) is 31.1 Å². The maximum atomic E-state index is 6.40. The molecule has 2 aromatic carbocycles. The van der Waals surface area contributed by atoms with Crippen LogP contribution in [0.2, 0.25) is 0 Å². The molecule has 25 heavy (non-hydrogen) atoms. The van der Waals surface area contributed by atoms with Gasteiger partial charge in [-0.1, -0.05) is 36.4 Å². The van der Waals surface area contributed by atoms with Crippen molar-refractivity contribution in [1.82, 2.24) is 4.90 Å². The highest BCUT2D eigenvalue weighted by molar-refractivity contribution is 5.43. The van der Waals surface area contributed by atoms with Gasteiger partial charge in [0.1, 0.15) is 0 Å². The smallest absolute Gasteiger partial charge is 0.161 e. The van der Waals surface area contributed by atoms with Crippen molar-refractivity contribution in [2.45, 2.75) is 38.5 Å². The number of hydrogen-bond acceptors (Lipinski definition) is 4. The summed E-state index contributed by atoms with van der Waals surface area (Å²) in [5.74, 6) is 1.97. The molecule has 2 N–H and O–H groups in total. The SMILES string of the molecule is COc1cc(CN2C[C@@H](N)[C@H](c3ccccc3)C2)ccc1OC(C)C. The van der Waals surface area contributed by atoms with Gasteiger partial charge in [-0.05, 0) is 37.1 Å². The maximum Gasteiger partial charge on any atom is 0.161 e. The standard InChI is InChI=1S/C21H28N2O2/c1-15(2)25-20-10-9-16(11-21(20)24-3)12-23-13-18(19(22)14-23)17-7-5-4-6-8-17/h4-11,15,18-19H,12-14,22H2,1-3H3/t18-,19+/m0/s1. The molecule has 3 rings (SSSR count). The molecule has 0 spiro atoms. The van der Waals surface area contributed by atoms with Crippen molar-refractivity contribution in [2.75, 3.05) is 20.2 Å². The zero-order chi connectivity index (χ0) is 17.8. The number of hydrogen-bond donors (Lipinski definition) is 1. The van der Waals surface area contributed by atoms with E-state index in [1.165, 1.54) is 11.1 Å². The van der Waals surface area contributed by atoms with Crippen LogP contribution in [0.5, 0.6) is 11.5 Å². The van der Waals surface area contributed by atoms with Crippen LogP contribution in [-0.4, -0.2) is 37.2 Å². The van der Waals surface area contributed by atoms with Gasteiger partial charge in [-0.3, -0.25) is 4.90 Å². The molecule has 0 aromatic heterocycles. The summed E-state index contributed by atoms with van der Waals surface area (Å²) in [6, 6.07) is 16.9. The predicted octanol–water partition coefficient (Wildman–Crippen LogP) is 3.41. The molecule has 2 aromatic rings. The van der Waals surface area contributed by atoms with E-state index in [4.69, 9.17) is 15.2 Å². The minimum atomic E-state index is 0.128. The van der Waals surface area contributed by atoms with Crippen molar-refractivity contribution in [3.63, 3.8) is 0 Å². The first-order valence-corrected chi connectivity index (χ1v) is 8.93. The van der Waals surface area contributed by atoms with Crippen molar-refractivity contribution in [2.24, 2.45) is 5.73 Å². The van der Waals surface area contributed by atoms with Crippen LogP contribution in [0.3, 0.4) is 0 Å². The highest BCUT2D eigenvalue weighted by atomic mass is 16.5. The monoisotopic (exact) mass is 340 g/mol. The van der Waals surface area contributed by atoms with E-state index in [1.807, 2.05) is 19.9 Å². The van der Waals surface area contributed by atoms with Gasteiger partial charge in [-0.25, -0.2) is 0 Å². The summed E-state index contributed by atoms with van der Waals surface area (Å²) in [6.07, 6.45) is 0.128. The Kier molecular flexibility index (Phi) is 5.61. The molecular weight excluding hydrogens is 312 g/mol. The van der Waals surface area contributed by atoms with Crippen molar-refractivity contribution >= 4 is 0 Å². The lowest BCUT2D eigenvalue weighted by molar-refractivity contribution is 0.229. The number of likely N-dealkylation sites (tertiary alicyclic amines) is 1. The Hall–Kier alpha value is -2.04. The molecule has 1 heterocycles. The first-order valence-electron chi connectivity index (χ1n) is 8.93. The summed E-state index contributed by atoms with van der Waals surface area (Å²) in [6.45, 7) is 6.80. The Morgan fingerprint density at radius 2 is 1.84 bits per heavy atom. The number of nitrogens with zero attached hydrogens (tertiary/aromatic N) is 1. The first kappa shape index (κ1) is 17.8. The molecule has 4 nitrogen and oxygen atoms in total. The fraction of sp³-hybridized carbons (Fsp3) is 0.429. The van der Waals surface area contributed by atoms with Crippen LogP contribution in [0.4, 0.5) is 0 Å². The van der Waals surface area contributed by atoms with Gasteiger partial charge in [-0.15, -0.1) is 0 Å². The molecular formula is C21H28N2O2. The molecule has 0 saturated carbocycles. The Morgan fingerprint density at radius 3 is 2.52 bits per heavy atom. The predicted molar refractivity (Wildman–Crippen MR) is 101 cm³/mol. The summed E-state index contributed by atoms with van der Waals surface area (Å²) in [5.41, 5.74) is 8.95. The number of rotatable bonds is 6. The van der Waals surface area contributed by atoms with E-state index in [2.05, 4.69) is 47.4 Å². The van der Waals surface area contributed by atoms with Crippen LogP contribution < -0.4 is 15.2 Å². The third-order valence-corrected chi connectivity index (χ3v) is 4.67. The van der Waals surface area contributed by atoms with E-state index in [9.17, 15) is 0 Å². The molecule has 4 heteroatoms. The summed E-state index contributed by atoms with van der Waals surface area (Å²) >= 11 is 0. The molecule has 1 aliphatic heterocycles. The van der Waals surface area contributed by atoms with Gasteiger partial charge in [0, 0.05) is 31.6 Å². The molecule has 1 saturated heterocycles. The zero-order valence-corrected chi connectivity index (χ0v) is 15.3. The normalized spacial score (nSPS) is 20.8. The molecule has 0 radical (unpaired) electrons. The molecule has 1 aliphatic rings. The number of nitrogens with two attached hydrogens (primary N) is 1. The minimum absolute atomic E-state index is 0.128. The summed E-state index contributed by atoms with van der Waals surface area (Å²) in [4.78, 5) is 2.42. The summed E-state index contributed by atoms with van der Waals surface area (Å²) in [7, 11) is 1.68. The van der Waals surface area contributed by atoms with Crippen LogP contribution in [-0.2, 0) is 6.54 Å². The average Bonchev–Trinajstić information content (AvgIpc) is 2.97. The van der Waals surface area contributed by atoms with Crippen LogP contribution >= 0.6 is 0 Å². The quantitative estimate of drug-likeness (QED) is 0.875. The molecule has 0 aliphatic carbocycles. The Labute approximate surface area is 150 Å². The second kappa shape index (κ2) is 7.89. The maximum absolute atomic E-state index is 6.40. The number of methoxy groups -OCH3 is 1. The second-order valence-electron chi connectivity index (χ2n) is 7.03. The van der Waals surface area contributed by atoms with E-state index in [0.29, 0.717) is 5.92 Å². The number of benzene rings is 2. The van der Waals surface area contributed by atoms with Crippen LogP contribution in [0.1, 0.15) is 30.9 Å². The van der Waals surface area contributed by atoms with Crippen molar-refractivity contribution in [3.05, 3.63) is 59.7 Å². The first-order chi connectivity index (χ1) is 12.1. The van der Waals surface area contributed by atoms with E-state index in [-0.39, 0.29) is 12.1 Å². The lowest BCUT2D eigenvalue weighted by Gasteiger charge is -2.18. The molecule has 0 bridgehead atoms. The van der Waals surface area contributed by atoms with Gasteiger partial charge < -0.3 is 15.2 Å². The second-order valence-corrected chi connectivity index (χ2v) is 7.03. The van der Waals surface area contributed by atoms with E-state index >= 15 is 0 Å². The highest BCUT2D eigenvalue weighted by Crippen LogP contribution is 2.31. The van der Waals surface area contributed by atoms with Crippen molar-refractivity contribution < 1.29 is 9.47 Å². The Balaban J connectivity index is 1.69. The third-order valence-electron chi connectivity index (χ3n) is 4.67. The van der Waals surface area contributed by atoms with Crippen molar-refractivity contribution in [1.29, 1.82) is 0 Å². The van der Waals surface area contributed by atoms with Gasteiger partial charge in [-0.2, -0.15) is 0 Å². The molecule has 134 valence electrons. The van der Waals surface area contributed by atoms with Gasteiger partial charge in [0.15, 0.2) is 11.5 Å². The zero-order valence-electron chi connectivity index (χ0n) is 15.3. The average molecular weight is 340 g/mol. The third kappa shape index (κ3) is 4.33. The van der Waals surface area contributed by atoms with Crippen molar-refractivity contribution in [3.8, 4) is 11.5 Å². The topological polar surface area (TPSA) is 47.7 Å². The van der Waals surface area contributed by atoms with Gasteiger partial charge in [0.25, 0.3) is 0 Å². The largest absolute Gasteiger partial charge is 0.493 e. The summed E-state index contributed by atoms with van der Waals surface area (Å²) < 4.78 is 11.3. The Bertz CT molecular complexity index is 688. The minimum Gasteiger partial charge on any atom is -0.493 e. The van der Waals surface area contributed by atoms with Gasteiger partial charge in [0.05, 0.1) is 13.2 Å². The highest BCUT2D eigenvalue weighted by Gasteiger charge is 2.31. The number of ether oxygens (including phenoxy) is 2. The van der Waals surface area contributed by atoms with Gasteiger partial charge >= 0.3 is 0 Å². The lowest BCUT2D eigenvalue weighted by Crippen LogP contribution is -2.28. The molecule has 0 amide bonds. The fourth-order valence-corrected chi connectivity index (χ4v) is 3.52. The van der Waals surface area contributed by atoms with Crippen LogP contribution in [0.25, 0.3) is 0 Å².